The Morgan fingerprint density at radius 2 is 1.80 bits per heavy atom. The molecule has 1 saturated heterocycles. The Bertz CT molecular complexity index is 728. The molecule has 9 atom stereocenters. The van der Waals surface area contributed by atoms with Gasteiger partial charge >= 0.3 is 0 Å². The van der Waals surface area contributed by atoms with Crippen LogP contribution in [0.1, 0.15) is 98.8 Å². The number of hydrogen-bond donors (Lipinski definition) is 2. The SMILES string of the molecule is CC(C)CCC[C@@H](C)[C@H]1CC[C@H]2C3=C(CC[C@]12C)[C@@]1(C)CC[C@H](O)C[C@@]12O[C@H]2[C@H]3O. The molecule has 0 aromatic heterocycles. The standard InChI is InChI=1S/C27H44O3/c1-16(2)7-6-8-17(3)19-9-10-20-22-21(12-13-25(19,20)4)26(5)14-11-18(28)15-27(26)24(30-27)23(22)29/h16-20,23-24,28-29H,6-15H2,1-5H3/t17-,18+,19-,20+,23+,24+,25-,26-,27+/m1/s1. The third kappa shape index (κ3) is 2.80. The predicted octanol–water partition coefficient (Wildman–Crippen LogP) is 5.63. The van der Waals surface area contributed by atoms with Gasteiger partial charge in [0.2, 0.25) is 0 Å². The van der Waals surface area contributed by atoms with Crippen LogP contribution in [0.2, 0.25) is 0 Å². The summed E-state index contributed by atoms with van der Waals surface area (Å²) in [6.07, 6.45) is 10.8. The highest BCUT2D eigenvalue weighted by molar-refractivity contribution is 5.45. The maximum absolute atomic E-state index is 11.5. The van der Waals surface area contributed by atoms with E-state index in [1.54, 1.807) is 0 Å². The number of ether oxygens (including phenoxy) is 1. The molecule has 3 fully saturated rings. The van der Waals surface area contributed by atoms with Crippen molar-refractivity contribution >= 4 is 0 Å². The van der Waals surface area contributed by atoms with Crippen LogP contribution in [0, 0.1) is 34.5 Å². The second kappa shape index (κ2) is 7.06. The van der Waals surface area contributed by atoms with Crippen molar-refractivity contribution in [1.29, 1.82) is 0 Å². The molecule has 5 aliphatic rings. The molecular weight excluding hydrogens is 372 g/mol. The summed E-state index contributed by atoms with van der Waals surface area (Å²) in [7, 11) is 0. The van der Waals surface area contributed by atoms with E-state index in [9.17, 15) is 10.2 Å². The average Bonchev–Trinajstić information content (AvgIpc) is 3.29. The molecule has 0 amide bonds. The molecule has 1 aliphatic heterocycles. The van der Waals surface area contributed by atoms with Crippen LogP contribution in [-0.4, -0.2) is 34.1 Å². The zero-order valence-corrected chi connectivity index (χ0v) is 19.9. The van der Waals surface area contributed by atoms with Crippen LogP contribution in [0.4, 0.5) is 0 Å². The van der Waals surface area contributed by atoms with Crippen molar-refractivity contribution < 1.29 is 14.9 Å². The third-order valence-electron chi connectivity index (χ3n) is 10.6. The molecule has 3 heteroatoms. The number of fused-ring (bicyclic) bond motifs is 3. The minimum atomic E-state index is -0.446. The molecule has 2 N–H and O–H groups in total. The first kappa shape index (κ1) is 21.5. The molecule has 4 aliphatic carbocycles. The lowest BCUT2D eigenvalue weighted by Gasteiger charge is -2.54. The van der Waals surface area contributed by atoms with E-state index in [1.807, 2.05) is 0 Å². The highest BCUT2D eigenvalue weighted by Crippen LogP contribution is 2.72. The van der Waals surface area contributed by atoms with Crippen LogP contribution in [0.3, 0.4) is 0 Å². The lowest BCUT2D eigenvalue weighted by Crippen LogP contribution is -2.55. The summed E-state index contributed by atoms with van der Waals surface area (Å²) in [5.41, 5.74) is 2.98. The predicted molar refractivity (Wildman–Crippen MR) is 120 cm³/mol. The van der Waals surface area contributed by atoms with Gasteiger partial charge in [-0.2, -0.15) is 0 Å². The van der Waals surface area contributed by atoms with Gasteiger partial charge in [-0.1, -0.05) is 59.5 Å². The van der Waals surface area contributed by atoms with Crippen LogP contribution >= 0.6 is 0 Å². The molecule has 2 saturated carbocycles. The van der Waals surface area contributed by atoms with E-state index >= 15 is 0 Å². The fraction of sp³-hybridized carbons (Fsp3) is 0.926. The van der Waals surface area contributed by atoms with Crippen molar-refractivity contribution in [2.45, 2.75) is 123 Å². The molecule has 3 nitrogen and oxygen atoms in total. The summed E-state index contributed by atoms with van der Waals surface area (Å²) < 4.78 is 6.33. The van der Waals surface area contributed by atoms with E-state index in [0.29, 0.717) is 17.8 Å². The Hall–Kier alpha value is -0.380. The minimum absolute atomic E-state index is 0.0216. The second-order valence-electron chi connectivity index (χ2n) is 12.6. The number of aliphatic hydroxyl groups is 2. The van der Waals surface area contributed by atoms with Crippen LogP contribution in [0.5, 0.6) is 0 Å². The van der Waals surface area contributed by atoms with Crippen molar-refractivity contribution in [3.63, 3.8) is 0 Å². The summed E-state index contributed by atoms with van der Waals surface area (Å²) in [6.45, 7) is 12.1. The summed E-state index contributed by atoms with van der Waals surface area (Å²) >= 11 is 0. The highest BCUT2D eigenvalue weighted by Gasteiger charge is 2.76. The number of hydrogen-bond acceptors (Lipinski definition) is 3. The topological polar surface area (TPSA) is 53.0 Å². The second-order valence-corrected chi connectivity index (χ2v) is 12.6. The Kier molecular flexibility index (Phi) is 5.05. The molecule has 5 rings (SSSR count). The first-order valence-electron chi connectivity index (χ1n) is 12.9. The zero-order valence-electron chi connectivity index (χ0n) is 19.9. The van der Waals surface area contributed by atoms with Crippen LogP contribution in [-0.2, 0) is 4.74 Å². The van der Waals surface area contributed by atoms with Gasteiger partial charge < -0.3 is 14.9 Å². The van der Waals surface area contributed by atoms with Gasteiger partial charge in [0.1, 0.15) is 17.8 Å². The lowest BCUT2D eigenvalue weighted by atomic mass is 9.49. The largest absolute Gasteiger partial charge is 0.393 e. The van der Waals surface area contributed by atoms with E-state index < -0.39 is 6.10 Å². The van der Waals surface area contributed by atoms with Crippen molar-refractivity contribution in [3.8, 4) is 0 Å². The molecule has 0 unspecified atom stereocenters. The smallest absolute Gasteiger partial charge is 0.118 e. The first-order valence-corrected chi connectivity index (χ1v) is 12.9. The van der Waals surface area contributed by atoms with E-state index in [0.717, 1.165) is 37.0 Å². The monoisotopic (exact) mass is 416 g/mol. The minimum Gasteiger partial charge on any atom is -0.393 e. The maximum atomic E-state index is 11.5. The molecule has 1 heterocycles. The molecule has 1 spiro atoms. The van der Waals surface area contributed by atoms with Crippen molar-refractivity contribution in [3.05, 3.63) is 11.1 Å². The summed E-state index contributed by atoms with van der Waals surface area (Å²) in [5, 5.41) is 21.8. The number of epoxide rings is 1. The van der Waals surface area contributed by atoms with Crippen LogP contribution in [0.25, 0.3) is 0 Å². The van der Waals surface area contributed by atoms with Gasteiger partial charge in [0.15, 0.2) is 0 Å². The van der Waals surface area contributed by atoms with E-state index in [-0.39, 0.29) is 23.2 Å². The number of rotatable bonds is 5. The Balaban J connectivity index is 1.42. The molecule has 30 heavy (non-hydrogen) atoms. The van der Waals surface area contributed by atoms with E-state index in [2.05, 4.69) is 34.6 Å². The van der Waals surface area contributed by atoms with Gasteiger partial charge in [0.25, 0.3) is 0 Å². The van der Waals surface area contributed by atoms with Gasteiger partial charge in [-0.25, -0.2) is 0 Å². The summed E-state index contributed by atoms with van der Waals surface area (Å²) in [6, 6.07) is 0. The van der Waals surface area contributed by atoms with Crippen molar-refractivity contribution in [2.75, 3.05) is 0 Å². The summed E-state index contributed by atoms with van der Waals surface area (Å²) in [4.78, 5) is 0. The molecule has 0 aromatic rings. The van der Waals surface area contributed by atoms with Crippen LogP contribution < -0.4 is 0 Å². The van der Waals surface area contributed by atoms with Crippen LogP contribution in [0.15, 0.2) is 11.1 Å². The third-order valence-corrected chi connectivity index (χ3v) is 10.6. The van der Waals surface area contributed by atoms with Gasteiger partial charge in [-0.05, 0) is 73.2 Å². The molecule has 0 radical (unpaired) electrons. The quantitative estimate of drug-likeness (QED) is 0.451. The normalized spacial score (nSPS) is 50.6. The fourth-order valence-electron chi connectivity index (χ4n) is 8.88. The fourth-order valence-corrected chi connectivity index (χ4v) is 8.88. The Morgan fingerprint density at radius 3 is 2.53 bits per heavy atom. The molecular formula is C27H44O3. The maximum Gasteiger partial charge on any atom is 0.118 e. The van der Waals surface area contributed by atoms with Gasteiger partial charge in [0.05, 0.1) is 6.10 Å². The van der Waals surface area contributed by atoms with Crippen molar-refractivity contribution in [1.82, 2.24) is 0 Å². The molecule has 0 bridgehead atoms. The van der Waals surface area contributed by atoms with Gasteiger partial charge in [-0.3, -0.25) is 0 Å². The molecule has 170 valence electrons. The van der Waals surface area contributed by atoms with Crippen molar-refractivity contribution in [2.24, 2.45) is 34.5 Å². The molecule has 0 aromatic carbocycles. The summed E-state index contributed by atoms with van der Waals surface area (Å²) in [5.74, 6) is 2.89. The Morgan fingerprint density at radius 1 is 1.03 bits per heavy atom. The number of aliphatic hydroxyl groups excluding tert-OH is 2. The lowest BCUT2D eigenvalue weighted by molar-refractivity contribution is -0.00158. The zero-order chi connectivity index (χ0) is 21.5. The van der Waals surface area contributed by atoms with Gasteiger partial charge in [0, 0.05) is 11.8 Å². The first-order chi connectivity index (χ1) is 14.1. The Labute approximate surface area is 183 Å². The van der Waals surface area contributed by atoms with Gasteiger partial charge in [-0.15, -0.1) is 0 Å². The van der Waals surface area contributed by atoms with E-state index in [1.165, 1.54) is 49.7 Å². The highest BCUT2D eigenvalue weighted by atomic mass is 16.6. The average molecular weight is 417 g/mol. The van der Waals surface area contributed by atoms with E-state index in [4.69, 9.17) is 4.74 Å².